The van der Waals surface area contributed by atoms with Crippen LogP contribution in [0.1, 0.15) is 10.4 Å². The standard InChI is InChI=1S/C11H8IN3O3/c12-15-6-8(10(17)14-11(15)18)9(16)13-7-4-2-1-3-5-7/h1-6H,(H,13,16)(H,14,17,18). The number of aromatic amines is 1. The molecule has 0 aliphatic carbocycles. The molecule has 2 aromatic rings. The number of aromatic nitrogens is 2. The average molecular weight is 357 g/mol. The van der Waals surface area contributed by atoms with Crippen molar-refractivity contribution < 1.29 is 4.79 Å². The zero-order chi connectivity index (χ0) is 13.1. The maximum Gasteiger partial charge on any atom is 0.337 e. The third-order valence-electron chi connectivity index (χ3n) is 2.18. The first kappa shape index (κ1) is 12.6. The topological polar surface area (TPSA) is 84.0 Å². The van der Waals surface area contributed by atoms with E-state index in [0.717, 1.165) is 2.78 Å². The molecule has 0 bridgehead atoms. The normalized spacial score (nSPS) is 10.1. The van der Waals surface area contributed by atoms with Gasteiger partial charge in [0, 0.05) is 11.9 Å². The van der Waals surface area contributed by atoms with Crippen LogP contribution in [-0.4, -0.2) is 13.7 Å². The number of anilines is 1. The van der Waals surface area contributed by atoms with Gasteiger partial charge < -0.3 is 5.32 Å². The predicted molar refractivity (Wildman–Crippen MR) is 75.1 cm³/mol. The summed E-state index contributed by atoms with van der Waals surface area (Å²) in [6.07, 6.45) is 1.19. The lowest BCUT2D eigenvalue weighted by Gasteiger charge is -2.04. The summed E-state index contributed by atoms with van der Waals surface area (Å²) in [5.41, 5.74) is -0.820. The first-order chi connectivity index (χ1) is 8.58. The van der Waals surface area contributed by atoms with Crippen LogP contribution in [0.2, 0.25) is 0 Å². The first-order valence-electron chi connectivity index (χ1n) is 4.96. The minimum Gasteiger partial charge on any atom is -0.322 e. The van der Waals surface area contributed by atoms with Gasteiger partial charge in [0.25, 0.3) is 11.5 Å². The van der Waals surface area contributed by atoms with Gasteiger partial charge in [-0.25, -0.2) is 7.58 Å². The smallest absolute Gasteiger partial charge is 0.322 e. The van der Waals surface area contributed by atoms with E-state index in [-0.39, 0.29) is 5.56 Å². The SMILES string of the molecule is O=C(Nc1ccccc1)c1cn(I)c(=O)[nH]c1=O. The number of H-pyrrole nitrogens is 1. The molecule has 0 atom stereocenters. The minimum absolute atomic E-state index is 0.118. The van der Waals surface area contributed by atoms with Gasteiger partial charge in [-0.05, 0) is 12.1 Å². The van der Waals surface area contributed by atoms with E-state index in [9.17, 15) is 14.4 Å². The molecular formula is C11H8IN3O3. The van der Waals surface area contributed by atoms with Crippen LogP contribution in [0.25, 0.3) is 0 Å². The van der Waals surface area contributed by atoms with E-state index in [1.807, 2.05) is 6.07 Å². The van der Waals surface area contributed by atoms with Gasteiger partial charge in [-0.3, -0.25) is 14.6 Å². The number of benzene rings is 1. The Kier molecular flexibility index (Phi) is 3.60. The van der Waals surface area contributed by atoms with Crippen molar-refractivity contribution in [3.05, 3.63) is 62.9 Å². The van der Waals surface area contributed by atoms with Crippen molar-refractivity contribution in [2.75, 3.05) is 5.32 Å². The van der Waals surface area contributed by atoms with Crippen LogP contribution < -0.4 is 16.6 Å². The molecule has 7 heteroatoms. The van der Waals surface area contributed by atoms with Crippen molar-refractivity contribution in [1.82, 2.24) is 7.76 Å². The van der Waals surface area contributed by atoms with Gasteiger partial charge in [0.05, 0.1) is 22.9 Å². The second-order valence-electron chi connectivity index (χ2n) is 3.43. The van der Waals surface area contributed by atoms with Crippen LogP contribution in [0.4, 0.5) is 5.69 Å². The molecule has 1 aromatic carbocycles. The lowest BCUT2D eigenvalue weighted by Crippen LogP contribution is -2.32. The largest absolute Gasteiger partial charge is 0.337 e. The van der Waals surface area contributed by atoms with E-state index < -0.39 is 17.2 Å². The Balaban J connectivity index is 2.33. The molecule has 0 saturated carbocycles. The molecule has 0 aliphatic rings. The van der Waals surface area contributed by atoms with Crippen LogP contribution in [0.15, 0.2) is 46.1 Å². The maximum atomic E-state index is 11.8. The van der Waals surface area contributed by atoms with Crippen LogP contribution in [0.5, 0.6) is 0 Å². The molecule has 2 rings (SSSR count). The fraction of sp³-hybridized carbons (Fsp3) is 0. The third-order valence-corrected chi connectivity index (χ3v) is 2.89. The highest BCUT2D eigenvalue weighted by molar-refractivity contribution is 14.1. The second kappa shape index (κ2) is 5.17. The number of hydrogen-bond donors (Lipinski definition) is 2. The third kappa shape index (κ3) is 2.67. The van der Waals surface area contributed by atoms with E-state index in [1.165, 1.54) is 6.20 Å². The van der Waals surface area contributed by atoms with Gasteiger partial charge in [0.1, 0.15) is 5.56 Å². The van der Waals surface area contributed by atoms with Gasteiger partial charge in [-0.15, -0.1) is 0 Å². The fourth-order valence-electron chi connectivity index (χ4n) is 1.33. The molecule has 1 heterocycles. The van der Waals surface area contributed by atoms with Gasteiger partial charge in [-0.2, -0.15) is 0 Å². The number of amides is 1. The van der Waals surface area contributed by atoms with E-state index in [4.69, 9.17) is 0 Å². The van der Waals surface area contributed by atoms with Gasteiger partial charge >= 0.3 is 5.69 Å². The number of carbonyl (C=O) groups is 1. The van der Waals surface area contributed by atoms with Crippen LogP contribution in [0.3, 0.4) is 0 Å². The van der Waals surface area contributed by atoms with Crippen molar-refractivity contribution in [2.24, 2.45) is 0 Å². The van der Waals surface area contributed by atoms with Crippen molar-refractivity contribution >= 4 is 34.5 Å². The average Bonchev–Trinajstić information content (AvgIpc) is 2.35. The Morgan fingerprint density at radius 3 is 2.56 bits per heavy atom. The summed E-state index contributed by atoms with van der Waals surface area (Å²) in [7, 11) is 0. The van der Waals surface area contributed by atoms with E-state index >= 15 is 0 Å². The van der Waals surface area contributed by atoms with E-state index in [2.05, 4.69) is 10.3 Å². The minimum atomic E-state index is -0.707. The summed E-state index contributed by atoms with van der Waals surface area (Å²) in [5.74, 6) is -0.562. The van der Waals surface area contributed by atoms with E-state index in [0.29, 0.717) is 5.69 Å². The summed E-state index contributed by atoms with van der Waals surface area (Å²) < 4.78 is 1.11. The number of halogens is 1. The molecule has 6 nitrogen and oxygen atoms in total. The molecule has 1 amide bonds. The summed E-state index contributed by atoms with van der Waals surface area (Å²) >= 11 is 1.69. The number of hydrogen-bond acceptors (Lipinski definition) is 3. The Hall–Kier alpha value is -1.90. The molecule has 0 unspecified atom stereocenters. The quantitative estimate of drug-likeness (QED) is 0.787. The van der Waals surface area contributed by atoms with Gasteiger partial charge in [0.15, 0.2) is 0 Å². The van der Waals surface area contributed by atoms with Crippen LogP contribution in [-0.2, 0) is 0 Å². The predicted octanol–water partition coefficient (Wildman–Crippen LogP) is 0.987. The highest BCUT2D eigenvalue weighted by Crippen LogP contribution is 2.06. The molecule has 0 aliphatic heterocycles. The second-order valence-corrected chi connectivity index (χ2v) is 4.47. The van der Waals surface area contributed by atoms with Crippen LogP contribution >= 0.6 is 22.9 Å². The number of nitrogens with zero attached hydrogens (tertiary/aromatic N) is 1. The van der Waals surface area contributed by atoms with Crippen molar-refractivity contribution in [3.8, 4) is 0 Å². The van der Waals surface area contributed by atoms with Gasteiger partial charge in [0.2, 0.25) is 0 Å². The summed E-state index contributed by atoms with van der Waals surface area (Å²) in [6.45, 7) is 0. The number of nitrogens with one attached hydrogen (secondary N) is 2. The summed E-state index contributed by atoms with van der Waals surface area (Å²) in [5, 5.41) is 2.57. The highest BCUT2D eigenvalue weighted by Gasteiger charge is 2.12. The van der Waals surface area contributed by atoms with E-state index in [1.54, 1.807) is 47.1 Å². The molecule has 18 heavy (non-hydrogen) atoms. The lowest BCUT2D eigenvalue weighted by molar-refractivity contribution is 0.102. The first-order valence-corrected chi connectivity index (χ1v) is 5.93. The molecular weight excluding hydrogens is 349 g/mol. The number of rotatable bonds is 2. The summed E-state index contributed by atoms with van der Waals surface area (Å²) in [4.78, 5) is 36.5. The number of carbonyl (C=O) groups excluding carboxylic acids is 1. The van der Waals surface area contributed by atoms with Crippen molar-refractivity contribution in [2.45, 2.75) is 0 Å². The molecule has 92 valence electrons. The molecule has 2 N–H and O–H groups in total. The Morgan fingerprint density at radius 1 is 1.22 bits per heavy atom. The zero-order valence-electron chi connectivity index (χ0n) is 9.01. The molecule has 0 spiro atoms. The Labute approximate surface area is 115 Å². The lowest BCUT2D eigenvalue weighted by atomic mass is 10.3. The number of para-hydroxylation sites is 1. The fourth-order valence-corrected chi connectivity index (χ4v) is 1.73. The molecule has 0 saturated heterocycles. The highest BCUT2D eigenvalue weighted by atomic mass is 127. The molecule has 1 aromatic heterocycles. The maximum absolute atomic E-state index is 11.8. The Bertz CT molecular complexity index is 691. The van der Waals surface area contributed by atoms with Gasteiger partial charge in [-0.1, -0.05) is 18.2 Å². The van der Waals surface area contributed by atoms with Crippen molar-refractivity contribution in [1.29, 1.82) is 0 Å². The molecule has 0 fully saturated rings. The molecule has 0 radical (unpaired) electrons. The summed E-state index contributed by atoms with van der Waals surface area (Å²) in [6, 6.07) is 8.74. The monoisotopic (exact) mass is 357 g/mol. The Morgan fingerprint density at radius 2 is 1.89 bits per heavy atom. The van der Waals surface area contributed by atoms with Crippen molar-refractivity contribution in [3.63, 3.8) is 0 Å². The zero-order valence-corrected chi connectivity index (χ0v) is 11.2. The van der Waals surface area contributed by atoms with Crippen LogP contribution in [0, 0.1) is 0 Å².